The van der Waals surface area contributed by atoms with Gasteiger partial charge in [-0.1, -0.05) is 47.5 Å². The highest BCUT2D eigenvalue weighted by molar-refractivity contribution is 5.85. The number of rotatable bonds is 7. The Bertz CT molecular complexity index is 290. The molecular formula is C16H32N2O. The lowest BCUT2D eigenvalue weighted by molar-refractivity contribution is -0.133. The van der Waals surface area contributed by atoms with Crippen LogP contribution in [0.1, 0.15) is 67.2 Å². The molecule has 3 heteroatoms. The molecule has 112 valence electrons. The lowest BCUT2D eigenvalue weighted by Crippen LogP contribution is -2.43. The van der Waals surface area contributed by atoms with Crippen molar-refractivity contribution >= 4 is 5.91 Å². The highest BCUT2D eigenvalue weighted by Gasteiger charge is 2.42. The first-order valence-corrected chi connectivity index (χ1v) is 8.00. The van der Waals surface area contributed by atoms with Crippen LogP contribution in [0.15, 0.2) is 0 Å². The third kappa shape index (κ3) is 3.95. The average molecular weight is 268 g/mol. The van der Waals surface area contributed by atoms with Gasteiger partial charge in [-0.3, -0.25) is 10.1 Å². The molecule has 1 N–H and O–H groups in total. The standard InChI is InChI=1S/C16H32N2O/c1-7-9-14-17-15(12(5)8-2)16(19)18(14)13(6)10-11(3)4/h11-15,17H,7-10H2,1-6H3. The van der Waals surface area contributed by atoms with E-state index in [2.05, 4.69) is 51.8 Å². The lowest BCUT2D eigenvalue weighted by atomic mass is 9.98. The second-order valence-corrected chi connectivity index (χ2v) is 6.56. The van der Waals surface area contributed by atoms with Crippen molar-refractivity contribution in [1.82, 2.24) is 10.2 Å². The summed E-state index contributed by atoms with van der Waals surface area (Å²) in [5.41, 5.74) is 0. The zero-order valence-corrected chi connectivity index (χ0v) is 13.6. The Morgan fingerprint density at radius 2 is 1.84 bits per heavy atom. The number of hydrogen-bond donors (Lipinski definition) is 1. The first-order valence-electron chi connectivity index (χ1n) is 8.00. The van der Waals surface area contributed by atoms with Crippen molar-refractivity contribution in [3.63, 3.8) is 0 Å². The molecule has 1 heterocycles. The molecule has 0 aromatic heterocycles. The average Bonchev–Trinajstić information content (AvgIpc) is 2.65. The van der Waals surface area contributed by atoms with Gasteiger partial charge in [0.25, 0.3) is 0 Å². The van der Waals surface area contributed by atoms with Gasteiger partial charge in [0.2, 0.25) is 5.91 Å². The van der Waals surface area contributed by atoms with Gasteiger partial charge in [0.1, 0.15) is 0 Å². The van der Waals surface area contributed by atoms with Crippen LogP contribution in [0.2, 0.25) is 0 Å². The van der Waals surface area contributed by atoms with Crippen molar-refractivity contribution in [2.45, 2.75) is 85.5 Å². The minimum Gasteiger partial charge on any atom is -0.323 e. The van der Waals surface area contributed by atoms with Gasteiger partial charge in [0.15, 0.2) is 0 Å². The summed E-state index contributed by atoms with van der Waals surface area (Å²) in [6, 6.07) is 0.363. The van der Waals surface area contributed by atoms with Crippen molar-refractivity contribution in [1.29, 1.82) is 0 Å². The van der Waals surface area contributed by atoms with Gasteiger partial charge >= 0.3 is 0 Å². The third-order valence-corrected chi connectivity index (χ3v) is 4.29. The highest BCUT2D eigenvalue weighted by Crippen LogP contribution is 2.26. The number of carbonyl (C=O) groups excluding carboxylic acids is 1. The van der Waals surface area contributed by atoms with Crippen molar-refractivity contribution in [3.8, 4) is 0 Å². The maximum Gasteiger partial charge on any atom is 0.241 e. The second-order valence-electron chi connectivity index (χ2n) is 6.56. The summed E-state index contributed by atoms with van der Waals surface area (Å²) in [5, 5.41) is 3.57. The zero-order valence-electron chi connectivity index (χ0n) is 13.6. The molecule has 1 saturated heterocycles. The summed E-state index contributed by atoms with van der Waals surface area (Å²) in [6.07, 6.45) is 4.55. The van der Waals surface area contributed by atoms with Gasteiger partial charge in [-0.2, -0.15) is 0 Å². The van der Waals surface area contributed by atoms with Crippen LogP contribution in [0, 0.1) is 11.8 Å². The van der Waals surface area contributed by atoms with E-state index in [4.69, 9.17) is 0 Å². The van der Waals surface area contributed by atoms with Gasteiger partial charge in [0.05, 0.1) is 12.2 Å². The second kappa shape index (κ2) is 7.28. The maximum absolute atomic E-state index is 12.7. The molecule has 0 aliphatic carbocycles. The molecular weight excluding hydrogens is 236 g/mol. The van der Waals surface area contributed by atoms with E-state index < -0.39 is 0 Å². The zero-order chi connectivity index (χ0) is 14.6. The van der Waals surface area contributed by atoms with Crippen LogP contribution in [-0.2, 0) is 4.79 Å². The van der Waals surface area contributed by atoms with E-state index in [-0.39, 0.29) is 12.2 Å². The van der Waals surface area contributed by atoms with Crippen molar-refractivity contribution < 1.29 is 4.79 Å². The molecule has 0 saturated carbocycles. The van der Waals surface area contributed by atoms with Gasteiger partial charge in [-0.25, -0.2) is 0 Å². The summed E-state index contributed by atoms with van der Waals surface area (Å²) in [5.74, 6) is 1.37. The van der Waals surface area contributed by atoms with E-state index in [9.17, 15) is 4.79 Å². The fourth-order valence-corrected chi connectivity index (χ4v) is 3.13. The largest absolute Gasteiger partial charge is 0.323 e. The number of carbonyl (C=O) groups is 1. The number of amides is 1. The van der Waals surface area contributed by atoms with Crippen LogP contribution < -0.4 is 5.32 Å². The highest BCUT2D eigenvalue weighted by atomic mass is 16.2. The van der Waals surface area contributed by atoms with Crippen molar-refractivity contribution in [2.75, 3.05) is 0 Å². The molecule has 1 fully saturated rings. The summed E-state index contributed by atoms with van der Waals surface area (Å²) in [7, 11) is 0. The molecule has 0 aromatic rings. The van der Waals surface area contributed by atoms with Gasteiger partial charge in [-0.05, 0) is 31.6 Å². The normalized spacial score (nSPS) is 27.1. The van der Waals surface area contributed by atoms with Crippen molar-refractivity contribution in [3.05, 3.63) is 0 Å². The first-order chi connectivity index (χ1) is 8.92. The van der Waals surface area contributed by atoms with E-state index in [1.807, 2.05) is 0 Å². The first kappa shape index (κ1) is 16.5. The predicted octanol–water partition coefficient (Wildman–Crippen LogP) is 3.39. The van der Waals surface area contributed by atoms with Crippen LogP contribution >= 0.6 is 0 Å². The van der Waals surface area contributed by atoms with Crippen LogP contribution in [0.3, 0.4) is 0 Å². The Balaban J connectivity index is 2.82. The smallest absolute Gasteiger partial charge is 0.241 e. The summed E-state index contributed by atoms with van der Waals surface area (Å²) < 4.78 is 0. The molecule has 19 heavy (non-hydrogen) atoms. The molecule has 0 spiro atoms. The van der Waals surface area contributed by atoms with E-state index in [1.165, 1.54) is 0 Å². The molecule has 0 radical (unpaired) electrons. The summed E-state index contributed by atoms with van der Waals surface area (Å²) >= 11 is 0. The molecule has 1 aliphatic rings. The quantitative estimate of drug-likeness (QED) is 0.767. The van der Waals surface area contributed by atoms with Gasteiger partial charge in [-0.15, -0.1) is 0 Å². The molecule has 0 bridgehead atoms. The fraction of sp³-hybridized carbons (Fsp3) is 0.938. The Hall–Kier alpha value is -0.570. The molecule has 0 aromatic carbocycles. The Labute approximate surface area is 119 Å². The van der Waals surface area contributed by atoms with E-state index in [1.54, 1.807) is 0 Å². The monoisotopic (exact) mass is 268 g/mol. The van der Waals surface area contributed by atoms with Crippen LogP contribution in [0.25, 0.3) is 0 Å². The van der Waals surface area contributed by atoms with Crippen LogP contribution in [-0.4, -0.2) is 29.1 Å². The summed E-state index contributed by atoms with van der Waals surface area (Å²) in [4.78, 5) is 14.8. The van der Waals surface area contributed by atoms with E-state index in [0.29, 0.717) is 23.8 Å². The Kier molecular flexibility index (Phi) is 6.31. The van der Waals surface area contributed by atoms with Gasteiger partial charge < -0.3 is 4.90 Å². The molecule has 3 nitrogen and oxygen atoms in total. The lowest BCUT2D eigenvalue weighted by Gasteiger charge is -2.31. The number of nitrogens with zero attached hydrogens (tertiary/aromatic N) is 1. The third-order valence-electron chi connectivity index (χ3n) is 4.29. The number of nitrogens with one attached hydrogen (secondary N) is 1. The number of hydrogen-bond acceptors (Lipinski definition) is 2. The molecule has 4 unspecified atom stereocenters. The predicted molar refractivity (Wildman–Crippen MR) is 80.8 cm³/mol. The minimum absolute atomic E-state index is 0.0242. The van der Waals surface area contributed by atoms with Gasteiger partial charge in [0, 0.05) is 6.04 Å². The maximum atomic E-state index is 12.7. The molecule has 4 atom stereocenters. The topological polar surface area (TPSA) is 32.3 Å². The van der Waals surface area contributed by atoms with E-state index >= 15 is 0 Å². The van der Waals surface area contributed by atoms with Crippen LogP contribution in [0.5, 0.6) is 0 Å². The van der Waals surface area contributed by atoms with Crippen LogP contribution in [0.4, 0.5) is 0 Å². The SMILES string of the molecule is CCCC1NC(C(C)CC)C(=O)N1C(C)CC(C)C. The summed E-state index contributed by atoms with van der Waals surface area (Å²) in [6.45, 7) is 13.2. The fourth-order valence-electron chi connectivity index (χ4n) is 3.13. The molecule has 1 aliphatic heterocycles. The van der Waals surface area contributed by atoms with E-state index in [0.717, 1.165) is 25.7 Å². The Morgan fingerprint density at radius 3 is 2.32 bits per heavy atom. The minimum atomic E-state index is 0.0242. The van der Waals surface area contributed by atoms with Crippen molar-refractivity contribution in [2.24, 2.45) is 11.8 Å². The molecule has 1 amide bonds. The molecule has 1 rings (SSSR count). The Morgan fingerprint density at radius 1 is 1.21 bits per heavy atom.